The van der Waals surface area contributed by atoms with Crippen molar-refractivity contribution in [1.29, 1.82) is 0 Å². The largest absolute Gasteiger partial charge is 0.479 e. The standard InChI is InChI=1S/C63H94O12/c1-4-7-10-13-16-19-22-25-27-28-30-33-36-39-42-45-48-51-57(66)74-61-59(68)58(67)60(62(69)70)75-63(61)72-53-54(73-56(65)50-47-44-41-38-35-31-24-21-18-15-12-9-6-3)52-71-55(64)49-46-43-40-37-34-32-29-26-23-20-17-14-11-8-5-2/h7-12,16-21,25-27,29-31,33-35,37,41,44,54,58-61,63,67-68H,4-6,13-15,22-24,28,32,36,38-40,42-43,45-53H2,1-3H3,(H,69,70)/b10-7-,11-8-,12-9-,19-16-,20-17-,21-18-,27-25-,29-26-,33-30-,35-31-,37-34-,44-41-. The van der Waals surface area contributed by atoms with Crippen LogP contribution in [-0.2, 0) is 42.9 Å². The van der Waals surface area contributed by atoms with E-state index < -0.39 is 67.3 Å². The first kappa shape index (κ1) is 67.6. The lowest BCUT2D eigenvalue weighted by molar-refractivity contribution is -0.301. The molecule has 1 heterocycles. The number of carboxylic acid groups (broad SMARTS) is 1. The Balaban J connectivity index is 2.80. The van der Waals surface area contributed by atoms with Crippen molar-refractivity contribution < 1.29 is 58.2 Å². The van der Waals surface area contributed by atoms with E-state index in [1.165, 1.54) is 0 Å². The summed E-state index contributed by atoms with van der Waals surface area (Å²) in [5.41, 5.74) is 0. The number of carbonyl (C=O) groups excluding carboxylic acids is 3. The van der Waals surface area contributed by atoms with Crippen molar-refractivity contribution in [2.75, 3.05) is 13.2 Å². The number of hydrogen-bond donors (Lipinski definition) is 3. The molecule has 418 valence electrons. The smallest absolute Gasteiger partial charge is 0.335 e. The van der Waals surface area contributed by atoms with E-state index >= 15 is 0 Å². The zero-order valence-electron chi connectivity index (χ0n) is 45.7. The first-order valence-electron chi connectivity index (χ1n) is 27.8. The molecule has 12 nitrogen and oxygen atoms in total. The number of esters is 3. The highest BCUT2D eigenvalue weighted by atomic mass is 16.7. The molecule has 0 amide bonds. The van der Waals surface area contributed by atoms with Crippen molar-refractivity contribution in [1.82, 2.24) is 0 Å². The summed E-state index contributed by atoms with van der Waals surface area (Å²) >= 11 is 0. The lowest BCUT2D eigenvalue weighted by atomic mass is 9.98. The highest BCUT2D eigenvalue weighted by Crippen LogP contribution is 2.26. The lowest BCUT2D eigenvalue weighted by Crippen LogP contribution is -2.61. The fraction of sp³-hybridized carbons (Fsp3) is 0.556. The van der Waals surface area contributed by atoms with Crippen LogP contribution in [0.2, 0.25) is 0 Å². The molecule has 0 spiro atoms. The Morgan fingerprint density at radius 1 is 0.440 bits per heavy atom. The molecule has 6 atom stereocenters. The van der Waals surface area contributed by atoms with Gasteiger partial charge in [-0.1, -0.05) is 179 Å². The quantitative estimate of drug-likeness (QED) is 0.0228. The number of aliphatic hydroxyl groups is 2. The topological polar surface area (TPSA) is 175 Å². The van der Waals surface area contributed by atoms with Crippen LogP contribution in [0, 0.1) is 0 Å². The summed E-state index contributed by atoms with van der Waals surface area (Å²) < 4.78 is 28.2. The molecule has 0 bridgehead atoms. The first-order chi connectivity index (χ1) is 36.6. The molecule has 6 unspecified atom stereocenters. The molecule has 0 aromatic heterocycles. The Bertz CT molecular complexity index is 1860. The maximum absolute atomic E-state index is 13.1. The second kappa shape index (κ2) is 49.5. The molecule has 1 rings (SSSR count). The van der Waals surface area contributed by atoms with E-state index in [1.807, 2.05) is 18.2 Å². The van der Waals surface area contributed by atoms with Crippen LogP contribution in [0.5, 0.6) is 0 Å². The van der Waals surface area contributed by atoms with E-state index in [2.05, 4.69) is 148 Å². The minimum absolute atomic E-state index is 0.0112. The third kappa shape index (κ3) is 39.7. The Labute approximate surface area is 451 Å². The van der Waals surface area contributed by atoms with Crippen LogP contribution in [0.25, 0.3) is 0 Å². The summed E-state index contributed by atoms with van der Waals surface area (Å²) in [6.45, 7) is 5.50. The average Bonchev–Trinajstić information content (AvgIpc) is 3.39. The van der Waals surface area contributed by atoms with Crippen LogP contribution in [0.15, 0.2) is 146 Å². The molecule has 12 heteroatoms. The van der Waals surface area contributed by atoms with E-state index in [1.54, 1.807) is 0 Å². The molecule has 1 saturated heterocycles. The van der Waals surface area contributed by atoms with Gasteiger partial charge in [0.25, 0.3) is 0 Å². The van der Waals surface area contributed by atoms with Gasteiger partial charge in [0.1, 0.15) is 18.8 Å². The molecule has 1 aliphatic heterocycles. The predicted octanol–water partition coefficient (Wildman–Crippen LogP) is 14.0. The number of hydrogen-bond acceptors (Lipinski definition) is 11. The van der Waals surface area contributed by atoms with Gasteiger partial charge in [0.15, 0.2) is 24.6 Å². The fourth-order valence-corrected chi connectivity index (χ4v) is 7.24. The number of rotatable bonds is 44. The maximum atomic E-state index is 13.1. The summed E-state index contributed by atoms with van der Waals surface area (Å²) in [5.74, 6) is -3.35. The van der Waals surface area contributed by atoms with E-state index in [4.69, 9.17) is 23.7 Å². The maximum Gasteiger partial charge on any atom is 0.335 e. The van der Waals surface area contributed by atoms with Crippen LogP contribution in [0.1, 0.15) is 175 Å². The number of carbonyl (C=O) groups is 4. The summed E-state index contributed by atoms with van der Waals surface area (Å²) in [5, 5.41) is 31.4. The van der Waals surface area contributed by atoms with Crippen molar-refractivity contribution in [3.05, 3.63) is 146 Å². The molecule has 1 aliphatic rings. The lowest BCUT2D eigenvalue weighted by Gasteiger charge is -2.40. The average molecular weight is 1040 g/mol. The first-order valence-corrected chi connectivity index (χ1v) is 27.8. The molecule has 0 saturated carbocycles. The Kier molecular flexibility index (Phi) is 44.6. The fourth-order valence-electron chi connectivity index (χ4n) is 7.24. The molecular formula is C63H94O12. The van der Waals surface area contributed by atoms with Crippen LogP contribution in [0.3, 0.4) is 0 Å². The van der Waals surface area contributed by atoms with E-state index in [0.717, 1.165) is 109 Å². The number of allylic oxidation sites excluding steroid dienone is 24. The molecule has 0 aromatic rings. The summed E-state index contributed by atoms with van der Waals surface area (Å²) in [4.78, 5) is 51.0. The molecule has 1 fully saturated rings. The monoisotopic (exact) mass is 1040 g/mol. The van der Waals surface area contributed by atoms with Crippen molar-refractivity contribution in [3.8, 4) is 0 Å². The van der Waals surface area contributed by atoms with Gasteiger partial charge in [-0.25, -0.2) is 4.79 Å². The predicted molar refractivity (Wildman–Crippen MR) is 302 cm³/mol. The van der Waals surface area contributed by atoms with Gasteiger partial charge < -0.3 is 39.0 Å². The van der Waals surface area contributed by atoms with E-state index in [9.17, 15) is 34.5 Å². The third-order valence-corrected chi connectivity index (χ3v) is 11.4. The van der Waals surface area contributed by atoms with Gasteiger partial charge in [0, 0.05) is 19.3 Å². The number of ether oxygens (including phenoxy) is 5. The van der Waals surface area contributed by atoms with Crippen LogP contribution in [0.4, 0.5) is 0 Å². The van der Waals surface area contributed by atoms with Gasteiger partial charge >= 0.3 is 23.9 Å². The zero-order valence-corrected chi connectivity index (χ0v) is 45.7. The van der Waals surface area contributed by atoms with Crippen molar-refractivity contribution in [2.24, 2.45) is 0 Å². The van der Waals surface area contributed by atoms with Crippen molar-refractivity contribution in [2.45, 2.75) is 212 Å². The van der Waals surface area contributed by atoms with Crippen LogP contribution < -0.4 is 0 Å². The molecule has 75 heavy (non-hydrogen) atoms. The normalized spacial score (nSPS) is 19.3. The number of carboxylic acids is 1. The summed E-state index contributed by atoms with van der Waals surface area (Å²) in [6, 6.07) is 0. The van der Waals surface area contributed by atoms with Crippen molar-refractivity contribution in [3.63, 3.8) is 0 Å². The van der Waals surface area contributed by atoms with Gasteiger partial charge in [0.2, 0.25) is 0 Å². The van der Waals surface area contributed by atoms with Gasteiger partial charge in [-0.15, -0.1) is 0 Å². The van der Waals surface area contributed by atoms with Crippen molar-refractivity contribution >= 4 is 23.9 Å². The van der Waals surface area contributed by atoms with E-state index in [-0.39, 0.29) is 25.9 Å². The summed E-state index contributed by atoms with van der Waals surface area (Å²) in [7, 11) is 0. The van der Waals surface area contributed by atoms with E-state index in [0.29, 0.717) is 25.7 Å². The number of unbranched alkanes of at least 4 members (excludes halogenated alkanes) is 6. The zero-order chi connectivity index (χ0) is 54.7. The van der Waals surface area contributed by atoms with Gasteiger partial charge in [-0.3, -0.25) is 14.4 Å². The van der Waals surface area contributed by atoms with Crippen LogP contribution in [-0.4, -0.2) is 89.2 Å². The Morgan fingerprint density at radius 3 is 1.28 bits per heavy atom. The van der Waals surface area contributed by atoms with Gasteiger partial charge in [0.05, 0.1) is 6.61 Å². The highest BCUT2D eigenvalue weighted by Gasteiger charge is 2.50. The summed E-state index contributed by atoms with van der Waals surface area (Å²) in [6.07, 6.45) is 58.4. The SMILES string of the molecule is CC/C=C\C/C=C\C/C=C\C/C=C\CCCCCCC(=O)OC1C(OCC(COC(=O)CCCC/C=C\C/C=C\C/C=C\C/C=C\CC)OC(=O)CC/C=C\C/C=C\C/C=C\C/C=C\CC)OC(C(=O)O)C(O)C1O. The number of aliphatic carboxylic acids is 1. The third-order valence-electron chi connectivity index (χ3n) is 11.4. The Hall–Kier alpha value is -5.40. The minimum Gasteiger partial charge on any atom is -0.479 e. The van der Waals surface area contributed by atoms with Gasteiger partial charge in [-0.2, -0.15) is 0 Å². The Morgan fingerprint density at radius 2 is 0.827 bits per heavy atom. The molecule has 0 radical (unpaired) electrons. The number of aliphatic hydroxyl groups excluding tert-OH is 2. The molecule has 0 aliphatic carbocycles. The van der Waals surface area contributed by atoms with Crippen LogP contribution >= 0.6 is 0 Å². The van der Waals surface area contributed by atoms with Gasteiger partial charge in [-0.05, 0) is 122 Å². The second-order valence-electron chi connectivity index (χ2n) is 18.1. The minimum atomic E-state index is -1.94. The highest BCUT2D eigenvalue weighted by molar-refractivity contribution is 5.74. The molecular weight excluding hydrogens is 949 g/mol. The second-order valence-corrected chi connectivity index (χ2v) is 18.1. The molecule has 3 N–H and O–H groups in total. The molecule has 0 aromatic carbocycles.